The lowest BCUT2D eigenvalue weighted by molar-refractivity contribution is 0.0886. The molecule has 5 nitrogen and oxygen atoms in total. The van der Waals surface area contributed by atoms with E-state index in [1.54, 1.807) is 38.1 Å². The molecule has 0 fully saturated rings. The van der Waals surface area contributed by atoms with Crippen LogP contribution in [0.25, 0.3) is 0 Å². The maximum atomic E-state index is 11.9. The Morgan fingerprint density at radius 3 is 2.25 bits per heavy atom. The molecule has 0 heterocycles. The van der Waals surface area contributed by atoms with Crippen molar-refractivity contribution in [1.82, 2.24) is 4.72 Å². The van der Waals surface area contributed by atoms with E-state index in [9.17, 15) is 13.5 Å². The third-order valence-corrected chi connectivity index (χ3v) is 4.23. The molecule has 0 aliphatic carbocycles. The highest BCUT2D eigenvalue weighted by Crippen LogP contribution is 2.18. The molecule has 0 saturated heterocycles. The molecule has 1 aromatic carbocycles. The van der Waals surface area contributed by atoms with Gasteiger partial charge >= 0.3 is 0 Å². The minimum Gasteiger partial charge on any atom is -0.389 e. The van der Waals surface area contributed by atoms with Gasteiger partial charge < -0.3 is 10.0 Å². The fourth-order valence-corrected chi connectivity index (χ4v) is 3.01. The number of rotatable bonds is 7. The molecule has 0 amide bonds. The molecule has 0 aliphatic rings. The Hall–Kier alpha value is -1.11. The van der Waals surface area contributed by atoms with Crippen molar-refractivity contribution in [2.75, 3.05) is 25.0 Å². The summed E-state index contributed by atoms with van der Waals surface area (Å²) in [6.07, 6.45) is 0.756. The van der Waals surface area contributed by atoms with E-state index >= 15 is 0 Å². The smallest absolute Gasteiger partial charge is 0.240 e. The molecule has 114 valence electrons. The first-order valence-electron chi connectivity index (χ1n) is 6.69. The second-order valence-corrected chi connectivity index (χ2v) is 7.33. The van der Waals surface area contributed by atoms with E-state index in [2.05, 4.69) is 4.72 Å². The monoisotopic (exact) mass is 300 g/mol. The molecule has 6 heteroatoms. The Morgan fingerprint density at radius 1 is 1.25 bits per heavy atom. The number of likely N-dealkylation sites (N-methyl/N-ethyl adjacent to an activating group) is 1. The minimum absolute atomic E-state index is 0.256. The molecule has 0 aromatic heterocycles. The largest absolute Gasteiger partial charge is 0.389 e. The van der Waals surface area contributed by atoms with E-state index in [1.807, 2.05) is 18.9 Å². The Bertz CT molecular complexity index is 518. The molecular formula is C14H24N2O3S. The summed E-state index contributed by atoms with van der Waals surface area (Å²) in [7, 11) is -1.56. The second-order valence-electron chi connectivity index (χ2n) is 5.56. The van der Waals surface area contributed by atoms with Gasteiger partial charge in [-0.15, -0.1) is 0 Å². The normalized spacial score (nSPS) is 12.4. The van der Waals surface area contributed by atoms with Gasteiger partial charge in [0.1, 0.15) is 0 Å². The molecule has 0 spiro atoms. The number of anilines is 1. The summed E-state index contributed by atoms with van der Waals surface area (Å²) in [5.74, 6) is 0. The van der Waals surface area contributed by atoms with E-state index in [0.717, 1.165) is 12.1 Å². The van der Waals surface area contributed by atoms with E-state index in [-0.39, 0.29) is 4.90 Å². The Labute approximate surface area is 121 Å². The number of aliphatic hydroxyl groups is 1. The Kier molecular flexibility index (Phi) is 5.56. The van der Waals surface area contributed by atoms with Gasteiger partial charge in [0.25, 0.3) is 0 Å². The number of sulfonamides is 1. The predicted octanol–water partition coefficient (Wildman–Crippen LogP) is 1.58. The van der Waals surface area contributed by atoms with Gasteiger partial charge in [0.05, 0.1) is 10.5 Å². The predicted molar refractivity (Wildman–Crippen MR) is 81.5 cm³/mol. The number of hydrogen-bond donors (Lipinski definition) is 2. The lowest BCUT2D eigenvalue weighted by Crippen LogP contribution is -2.36. The molecule has 0 saturated carbocycles. The van der Waals surface area contributed by atoms with Crippen LogP contribution in [-0.2, 0) is 10.0 Å². The van der Waals surface area contributed by atoms with Crippen LogP contribution in [0.4, 0.5) is 5.69 Å². The summed E-state index contributed by atoms with van der Waals surface area (Å²) in [4.78, 5) is 2.14. The van der Waals surface area contributed by atoms with Crippen LogP contribution >= 0.6 is 0 Å². The first-order valence-corrected chi connectivity index (χ1v) is 8.17. The van der Waals surface area contributed by atoms with Crippen molar-refractivity contribution < 1.29 is 13.5 Å². The van der Waals surface area contributed by atoms with E-state index in [0.29, 0.717) is 13.1 Å². The van der Waals surface area contributed by atoms with Crippen LogP contribution in [0.15, 0.2) is 29.2 Å². The molecule has 0 atom stereocenters. The highest BCUT2D eigenvalue weighted by molar-refractivity contribution is 7.89. The Balaban J connectivity index is 2.84. The zero-order valence-corrected chi connectivity index (χ0v) is 13.4. The van der Waals surface area contributed by atoms with Crippen molar-refractivity contribution in [2.45, 2.75) is 37.7 Å². The molecule has 0 unspecified atom stereocenters. The van der Waals surface area contributed by atoms with Gasteiger partial charge in [-0.05, 0) is 44.5 Å². The topological polar surface area (TPSA) is 69.6 Å². The highest BCUT2D eigenvalue weighted by Gasteiger charge is 2.17. The summed E-state index contributed by atoms with van der Waals surface area (Å²) < 4.78 is 26.4. The van der Waals surface area contributed by atoms with Crippen LogP contribution in [0.3, 0.4) is 0 Å². The first kappa shape index (κ1) is 16.9. The van der Waals surface area contributed by atoms with Gasteiger partial charge in [-0.25, -0.2) is 13.1 Å². The van der Waals surface area contributed by atoms with Crippen molar-refractivity contribution in [2.24, 2.45) is 0 Å². The third kappa shape index (κ3) is 5.11. The highest BCUT2D eigenvalue weighted by atomic mass is 32.2. The second kappa shape index (κ2) is 6.56. The van der Waals surface area contributed by atoms with Gasteiger partial charge in [0.15, 0.2) is 0 Å². The minimum atomic E-state index is -3.42. The molecular weight excluding hydrogens is 276 g/mol. The van der Waals surface area contributed by atoms with Crippen molar-refractivity contribution in [1.29, 1.82) is 0 Å². The zero-order chi connectivity index (χ0) is 15.4. The fourth-order valence-electron chi connectivity index (χ4n) is 1.87. The standard InChI is InChI=1S/C14H24N2O3S/c1-5-10-15-20(18,19)13-8-6-12(7-9-13)16(4)11-14(2,3)17/h6-9,15,17H,5,10-11H2,1-4H3. The lowest BCUT2D eigenvalue weighted by atomic mass is 10.1. The van der Waals surface area contributed by atoms with Crippen molar-refractivity contribution in [3.8, 4) is 0 Å². The van der Waals surface area contributed by atoms with Crippen LogP contribution < -0.4 is 9.62 Å². The van der Waals surface area contributed by atoms with E-state index in [4.69, 9.17) is 0 Å². The van der Waals surface area contributed by atoms with Crippen LogP contribution in [0, 0.1) is 0 Å². The quantitative estimate of drug-likeness (QED) is 0.802. The maximum Gasteiger partial charge on any atom is 0.240 e. The van der Waals surface area contributed by atoms with Crippen molar-refractivity contribution >= 4 is 15.7 Å². The summed E-state index contributed by atoms with van der Waals surface area (Å²) in [5, 5.41) is 9.78. The summed E-state index contributed by atoms with van der Waals surface area (Å²) in [5.41, 5.74) is 0.0592. The average molecular weight is 300 g/mol. The van der Waals surface area contributed by atoms with Gasteiger partial charge in [-0.2, -0.15) is 0 Å². The summed E-state index contributed by atoms with van der Waals surface area (Å²) in [6.45, 7) is 6.28. The van der Waals surface area contributed by atoms with Gasteiger partial charge in [-0.3, -0.25) is 0 Å². The van der Waals surface area contributed by atoms with Crippen molar-refractivity contribution in [3.05, 3.63) is 24.3 Å². The van der Waals surface area contributed by atoms with Crippen LogP contribution in [-0.4, -0.2) is 39.3 Å². The third-order valence-electron chi connectivity index (χ3n) is 2.75. The van der Waals surface area contributed by atoms with Crippen LogP contribution in [0.1, 0.15) is 27.2 Å². The van der Waals surface area contributed by atoms with E-state index < -0.39 is 15.6 Å². The van der Waals surface area contributed by atoms with Gasteiger partial charge in [0, 0.05) is 25.8 Å². The lowest BCUT2D eigenvalue weighted by Gasteiger charge is -2.27. The number of nitrogens with one attached hydrogen (secondary N) is 1. The first-order chi connectivity index (χ1) is 9.15. The van der Waals surface area contributed by atoms with Crippen LogP contribution in [0.5, 0.6) is 0 Å². The van der Waals surface area contributed by atoms with Crippen LogP contribution in [0.2, 0.25) is 0 Å². The zero-order valence-electron chi connectivity index (χ0n) is 12.5. The molecule has 1 aromatic rings. The SMILES string of the molecule is CCCNS(=O)(=O)c1ccc(N(C)CC(C)(C)O)cc1. The Morgan fingerprint density at radius 2 is 1.80 bits per heavy atom. The summed E-state index contributed by atoms with van der Waals surface area (Å²) >= 11 is 0. The van der Waals surface area contributed by atoms with Gasteiger partial charge in [-0.1, -0.05) is 6.92 Å². The molecule has 20 heavy (non-hydrogen) atoms. The number of benzene rings is 1. The number of nitrogens with zero attached hydrogens (tertiary/aromatic N) is 1. The average Bonchev–Trinajstić information content (AvgIpc) is 2.34. The summed E-state index contributed by atoms with van der Waals surface area (Å²) in [6, 6.07) is 6.64. The van der Waals surface area contributed by atoms with Gasteiger partial charge in [0.2, 0.25) is 10.0 Å². The number of hydrogen-bond acceptors (Lipinski definition) is 4. The maximum absolute atomic E-state index is 11.9. The molecule has 0 bridgehead atoms. The molecule has 0 aliphatic heterocycles. The van der Waals surface area contributed by atoms with Crippen molar-refractivity contribution in [3.63, 3.8) is 0 Å². The van der Waals surface area contributed by atoms with E-state index in [1.165, 1.54) is 0 Å². The molecule has 1 rings (SSSR count). The molecule has 2 N–H and O–H groups in total. The molecule has 0 radical (unpaired) electrons. The fraction of sp³-hybridized carbons (Fsp3) is 0.571.